The quantitative estimate of drug-likeness (QED) is 0.306. The van der Waals surface area contributed by atoms with Crippen molar-refractivity contribution in [3.05, 3.63) is 0 Å². The molecule has 4 nitrogen and oxygen atoms in total. The van der Waals surface area contributed by atoms with Crippen molar-refractivity contribution in [1.29, 1.82) is 0 Å². The molecule has 34 valence electrons. The largest absolute Gasteiger partial charge is 4.00 e. The Morgan fingerprint density at radius 3 is 1.14 bits per heavy atom. The van der Waals surface area contributed by atoms with Crippen LogP contribution in [0.4, 0.5) is 0 Å². The summed E-state index contributed by atoms with van der Waals surface area (Å²) in [6.07, 6.45) is 0. The van der Waals surface area contributed by atoms with Crippen molar-refractivity contribution in [1.82, 2.24) is 0 Å². The van der Waals surface area contributed by atoms with Crippen molar-refractivity contribution in [2.24, 2.45) is 0 Å². The second-order valence-corrected chi connectivity index (χ2v) is 1.34. The molecule has 0 rings (SSSR count). The summed E-state index contributed by atoms with van der Waals surface area (Å²) < 4.78 is 8.55. The standard InChI is InChI=1S/K.Mo.H3O4P/c;;1-5(2,3)4/h;;(H3,1,2,3,4)/q+1;+4;/p-3. The minimum atomic E-state index is -5.39. The Bertz CT molecular complexity index is 57.8. The van der Waals surface area contributed by atoms with Crippen LogP contribution in [0.1, 0.15) is 0 Å². The Morgan fingerprint density at radius 2 is 1.14 bits per heavy atom. The topological polar surface area (TPSA) is 86.2 Å². The van der Waals surface area contributed by atoms with E-state index in [-0.39, 0.29) is 72.4 Å². The fourth-order valence-corrected chi connectivity index (χ4v) is 0. The summed E-state index contributed by atoms with van der Waals surface area (Å²) >= 11 is 0. The van der Waals surface area contributed by atoms with Gasteiger partial charge in [0, 0.05) is 0 Å². The van der Waals surface area contributed by atoms with Gasteiger partial charge in [0.2, 0.25) is 0 Å². The molecule has 0 aliphatic rings. The van der Waals surface area contributed by atoms with Gasteiger partial charge in [-0.2, -0.15) is 7.82 Å². The smallest absolute Gasteiger partial charge is 0.822 e. The monoisotopic (exact) mass is 232 g/mol. The third kappa shape index (κ3) is 58.9. The second-order valence-electron chi connectivity index (χ2n) is 0.447. The van der Waals surface area contributed by atoms with E-state index in [0.29, 0.717) is 0 Å². The summed E-state index contributed by atoms with van der Waals surface area (Å²) in [5, 5.41) is 0. The van der Waals surface area contributed by atoms with Gasteiger partial charge in [-0.25, -0.2) is 0 Å². The number of hydrogen-bond donors (Lipinski definition) is 0. The normalized spacial score (nSPS) is 8.43. The molecule has 0 N–H and O–H groups in total. The van der Waals surface area contributed by atoms with Gasteiger partial charge in [-0.3, -0.25) is 0 Å². The van der Waals surface area contributed by atoms with Crippen LogP contribution in [0.3, 0.4) is 0 Å². The zero-order valence-corrected chi connectivity index (χ0v) is 9.51. The number of phosphoric acid groups is 1. The minimum Gasteiger partial charge on any atom is -0.822 e. The van der Waals surface area contributed by atoms with Crippen molar-refractivity contribution in [3.63, 3.8) is 0 Å². The molecule has 7 heavy (non-hydrogen) atoms. The number of hydrogen-bond acceptors (Lipinski definition) is 4. The molecule has 0 heterocycles. The van der Waals surface area contributed by atoms with Crippen molar-refractivity contribution in [2.45, 2.75) is 0 Å². The maximum Gasteiger partial charge on any atom is 4.00 e. The fourth-order valence-electron chi connectivity index (χ4n) is 0. The van der Waals surface area contributed by atoms with Crippen LogP contribution < -0.4 is 66.1 Å². The second kappa shape index (κ2) is 6.55. The predicted molar refractivity (Wildman–Crippen MR) is 7.61 cm³/mol. The van der Waals surface area contributed by atoms with E-state index in [1.807, 2.05) is 0 Å². The van der Waals surface area contributed by atoms with Crippen LogP contribution in [0.2, 0.25) is 0 Å². The van der Waals surface area contributed by atoms with E-state index in [0.717, 1.165) is 0 Å². The van der Waals surface area contributed by atoms with Gasteiger partial charge in [0.15, 0.2) is 0 Å². The van der Waals surface area contributed by atoms with Gasteiger partial charge in [-0.1, -0.05) is 0 Å². The molecule has 0 unspecified atom stereocenters. The van der Waals surface area contributed by atoms with Gasteiger partial charge in [0.05, 0.1) is 0 Å². The molecule has 0 aliphatic heterocycles. The first-order chi connectivity index (χ1) is 2.00. The molecule has 0 atom stereocenters. The molecule has 7 heteroatoms. The van der Waals surface area contributed by atoms with Crippen LogP contribution in [-0.4, -0.2) is 0 Å². The average molecular weight is 230 g/mol. The molecule has 0 aliphatic carbocycles. The molecule has 0 saturated heterocycles. The summed E-state index contributed by atoms with van der Waals surface area (Å²) in [7, 11) is -5.39. The first kappa shape index (κ1) is 16.2. The third-order valence-electron chi connectivity index (χ3n) is 0. The van der Waals surface area contributed by atoms with Crippen LogP contribution in [0, 0.1) is 0 Å². The van der Waals surface area contributed by atoms with E-state index >= 15 is 0 Å². The molecule has 0 spiro atoms. The van der Waals surface area contributed by atoms with Crippen LogP contribution in [0.25, 0.3) is 0 Å². The molecule has 0 radical (unpaired) electrons. The van der Waals surface area contributed by atoms with Gasteiger partial charge < -0.3 is 19.2 Å². The van der Waals surface area contributed by atoms with Crippen LogP contribution >= 0.6 is 7.82 Å². The molecule has 0 aromatic carbocycles. The zero-order chi connectivity index (χ0) is 4.50. The Balaban J connectivity index is -0.0000000800. The van der Waals surface area contributed by atoms with E-state index in [9.17, 15) is 0 Å². The van der Waals surface area contributed by atoms with Gasteiger partial charge in [-0.05, 0) is 0 Å². The Kier molecular flexibility index (Phi) is 15.2. The summed E-state index contributed by atoms with van der Waals surface area (Å²) in [5.74, 6) is 0. The zero-order valence-electron chi connectivity index (χ0n) is 3.49. The first-order valence-electron chi connectivity index (χ1n) is 0.730. The van der Waals surface area contributed by atoms with Gasteiger partial charge in [0.1, 0.15) is 0 Å². The maximum absolute atomic E-state index is 8.55. The molecular weight excluding hydrogens is 230 g/mol. The summed E-state index contributed by atoms with van der Waals surface area (Å²) in [6, 6.07) is 0. The van der Waals surface area contributed by atoms with Crippen molar-refractivity contribution >= 4 is 7.82 Å². The van der Waals surface area contributed by atoms with E-state index in [1.165, 1.54) is 0 Å². The van der Waals surface area contributed by atoms with Crippen LogP contribution in [0.5, 0.6) is 0 Å². The van der Waals surface area contributed by atoms with Gasteiger partial charge in [-0.15, -0.1) is 0 Å². The summed E-state index contributed by atoms with van der Waals surface area (Å²) in [5.41, 5.74) is 0. The average Bonchev–Trinajstić information content (AvgIpc) is 0.722. The van der Waals surface area contributed by atoms with Crippen LogP contribution in [0.15, 0.2) is 0 Å². The van der Waals surface area contributed by atoms with E-state index in [2.05, 4.69) is 0 Å². The molecule has 0 aromatic heterocycles. The Hall–Kier alpha value is 2.43. The Labute approximate surface area is 97.6 Å². The molecule has 0 bridgehead atoms. The predicted octanol–water partition coefficient (Wildman–Crippen LogP) is -5.82. The third-order valence-corrected chi connectivity index (χ3v) is 0. The van der Waals surface area contributed by atoms with Crippen molar-refractivity contribution in [2.75, 3.05) is 0 Å². The molecule has 0 fully saturated rings. The van der Waals surface area contributed by atoms with Crippen molar-refractivity contribution in [3.8, 4) is 0 Å². The van der Waals surface area contributed by atoms with Gasteiger partial charge >= 0.3 is 72.4 Å². The number of rotatable bonds is 0. The van der Waals surface area contributed by atoms with Crippen molar-refractivity contribution < 1.29 is 91.7 Å². The molecular formula is KMoO4P+2. The van der Waals surface area contributed by atoms with Gasteiger partial charge in [0.25, 0.3) is 0 Å². The summed E-state index contributed by atoms with van der Waals surface area (Å²) in [4.78, 5) is 25.6. The SMILES string of the molecule is O=P([O-])([O-])[O-].[K+].[Mo+4]. The fraction of sp³-hybridized carbons (Fsp3) is 0. The van der Waals surface area contributed by atoms with Crippen LogP contribution in [-0.2, 0) is 25.6 Å². The summed E-state index contributed by atoms with van der Waals surface area (Å²) in [6.45, 7) is 0. The van der Waals surface area contributed by atoms with E-state index in [1.54, 1.807) is 0 Å². The van der Waals surface area contributed by atoms with E-state index < -0.39 is 7.82 Å². The van der Waals surface area contributed by atoms with E-state index in [4.69, 9.17) is 19.2 Å². The first-order valence-corrected chi connectivity index (χ1v) is 2.19. The molecule has 0 aromatic rings. The molecule has 0 amide bonds. The maximum atomic E-state index is 8.55. The minimum absolute atomic E-state index is 0. The molecule has 0 saturated carbocycles. The Morgan fingerprint density at radius 1 is 1.14 bits per heavy atom.